The number of aryl methyl sites for hydroxylation is 1. The highest BCUT2D eigenvalue weighted by Gasteiger charge is 2.31. The summed E-state index contributed by atoms with van der Waals surface area (Å²) in [6.45, 7) is 0.229. The quantitative estimate of drug-likeness (QED) is 0.844. The first-order chi connectivity index (χ1) is 9.33. The Morgan fingerprint density at radius 1 is 1.30 bits per heavy atom. The Morgan fingerprint density at radius 2 is 2.05 bits per heavy atom. The summed E-state index contributed by atoms with van der Waals surface area (Å²) in [5.74, 6) is 0.0970. The zero-order chi connectivity index (χ0) is 14.8. The third-order valence-electron chi connectivity index (χ3n) is 2.28. The van der Waals surface area contributed by atoms with Gasteiger partial charge >= 0.3 is 6.36 Å². The second kappa shape index (κ2) is 5.74. The molecular formula is C12H10BrF3N2O2. The standard InChI is InChI=1S/C12H10BrF3N2O2/c1-18-5-4-8(17-18)7-19-9-2-3-11(10(13)6-9)20-12(14,15)16/h2-6H,7H2,1H3. The number of nitrogens with zero attached hydrogens (tertiary/aromatic N) is 2. The lowest BCUT2D eigenvalue weighted by Crippen LogP contribution is -2.17. The van der Waals surface area contributed by atoms with Crippen molar-refractivity contribution in [2.24, 2.45) is 7.05 Å². The van der Waals surface area contributed by atoms with Crippen molar-refractivity contribution in [1.82, 2.24) is 9.78 Å². The zero-order valence-electron chi connectivity index (χ0n) is 10.3. The fourth-order valence-corrected chi connectivity index (χ4v) is 1.91. The summed E-state index contributed by atoms with van der Waals surface area (Å²) >= 11 is 3.01. The summed E-state index contributed by atoms with van der Waals surface area (Å²) in [5, 5.41) is 4.12. The first-order valence-corrected chi connectivity index (χ1v) is 6.29. The second-order valence-corrected chi connectivity index (χ2v) is 4.76. The maximum atomic E-state index is 12.1. The molecule has 2 rings (SSSR count). The van der Waals surface area contributed by atoms with Crippen molar-refractivity contribution in [3.63, 3.8) is 0 Å². The third kappa shape index (κ3) is 4.16. The van der Waals surface area contributed by atoms with E-state index in [-0.39, 0.29) is 16.8 Å². The molecule has 108 valence electrons. The van der Waals surface area contributed by atoms with Gasteiger partial charge in [0.1, 0.15) is 18.1 Å². The Labute approximate surface area is 121 Å². The molecule has 0 fully saturated rings. The van der Waals surface area contributed by atoms with Crippen LogP contribution in [0.2, 0.25) is 0 Å². The van der Waals surface area contributed by atoms with E-state index in [0.29, 0.717) is 5.75 Å². The summed E-state index contributed by atoms with van der Waals surface area (Å²) in [4.78, 5) is 0. The van der Waals surface area contributed by atoms with Crippen LogP contribution in [0.3, 0.4) is 0 Å². The van der Waals surface area contributed by atoms with Gasteiger partial charge in [-0.15, -0.1) is 13.2 Å². The predicted molar refractivity (Wildman–Crippen MR) is 68.4 cm³/mol. The summed E-state index contributed by atoms with van der Waals surface area (Å²) in [5.41, 5.74) is 0.722. The van der Waals surface area contributed by atoms with E-state index in [2.05, 4.69) is 25.8 Å². The molecule has 0 spiro atoms. The normalized spacial score (nSPS) is 11.4. The van der Waals surface area contributed by atoms with E-state index >= 15 is 0 Å². The van der Waals surface area contributed by atoms with Gasteiger partial charge in [0, 0.05) is 13.2 Å². The maximum absolute atomic E-state index is 12.1. The topological polar surface area (TPSA) is 36.3 Å². The third-order valence-corrected chi connectivity index (χ3v) is 2.90. The molecule has 0 radical (unpaired) electrons. The Morgan fingerprint density at radius 3 is 2.60 bits per heavy atom. The molecule has 0 saturated heterocycles. The number of hydrogen-bond donors (Lipinski definition) is 0. The fraction of sp³-hybridized carbons (Fsp3) is 0.250. The first kappa shape index (κ1) is 14.7. The number of ether oxygens (including phenoxy) is 2. The Kier molecular flexibility index (Phi) is 4.22. The number of halogens is 4. The number of hydrogen-bond acceptors (Lipinski definition) is 3. The van der Waals surface area contributed by atoms with Crippen LogP contribution in [0.25, 0.3) is 0 Å². The molecule has 20 heavy (non-hydrogen) atoms. The van der Waals surface area contributed by atoms with E-state index in [1.54, 1.807) is 24.0 Å². The van der Waals surface area contributed by atoms with Crippen LogP contribution in [-0.4, -0.2) is 16.1 Å². The minimum atomic E-state index is -4.72. The van der Waals surface area contributed by atoms with Gasteiger partial charge in [-0.05, 0) is 40.2 Å². The van der Waals surface area contributed by atoms with Crippen molar-refractivity contribution in [2.45, 2.75) is 13.0 Å². The van der Waals surface area contributed by atoms with E-state index in [1.165, 1.54) is 18.2 Å². The molecule has 0 aliphatic heterocycles. The van der Waals surface area contributed by atoms with Crippen molar-refractivity contribution in [3.8, 4) is 11.5 Å². The van der Waals surface area contributed by atoms with Crippen LogP contribution in [0, 0.1) is 0 Å². The molecule has 1 aromatic carbocycles. The Hall–Kier alpha value is -1.70. The molecule has 8 heteroatoms. The molecule has 0 amide bonds. The molecule has 4 nitrogen and oxygen atoms in total. The minimum Gasteiger partial charge on any atom is -0.487 e. The molecule has 0 saturated carbocycles. The molecule has 0 atom stereocenters. The number of alkyl halides is 3. The van der Waals surface area contributed by atoms with E-state index in [4.69, 9.17) is 4.74 Å². The van der Waals surface area contributed by atoms with Gasteiger partial charge in [-0.1, -0.05) is 0 Å². The highest BCUT2D eigenvalue weighted by atomic mass is 79.9. The van der Waals surface area contributed by atoms with E-state index in [1.807, 2.05) is 0 Å². The van der Waals surface area contributed by atoms with Gasteiger partial charge in [-0.3, -0.25) is 4.68 Å². The van der Waals surface area contributed by atoms with Gasteiger partial charge in [0.2, 0.25) is 0 Å². The smallest absolute Gasteiger partial charge is 0.487 e. The summed E-state index contributed by atoms with van der Waals surface area (Å²) in [6.07, 6.45) is -2.95. The van der Waals surface area contributed by atoms with Crippen molar-refractivity contribution in [1.29, 1.82) is 0 Å². The lowest BCUT2D eigenvalue weighted by atomic mass is 10.3. The van der Waals surface area contributed by atoms with Crippen molar-refractivity contribution >= 4 is 15.9 Å². The van der Waals surface area contributed by atoms with Gasteiger partial charge in [0.15, 0.2) is 0 Å². The van der Waals surface area contributed by atoms with E-state index in [0.717, 1.165) is 5.69 Å². The SMILES string of the molecule is Cn1ccc(COc2ccc(OC(F)(F)F)c(Br)c2)n1. The van der Waals surface area contributed by atoms with Crippen LogP contribution in [-0.2, 0) is 13.7 Å². The molecule has 0 N–H and O–H groups in total. The minimum absolute atomic E-state index is 0.161. The average Bonchev–Trinajstić information content (AvgIpc) is 2.74. The molecule has 0 aliphatic rings. The van der Waals surface area contributed by atoms with Crippen LogP contribution in [0.15, 0.2) is 34.9 Å². The van der Waals surface area contributed by atoms with Crippen molar-refractivity contribution < 1.29 is 22.6 Å². The van der Waals surface area contributed by atoms with E-state index in [9.17, 15) is 13.2 Å². The number of rotatable bonds is 4. The molecular weight excluding hydrogens is 341 g/mol. The molecule has 1 heterocycles. The Bertz CT molecular complexity index is 599. The van der Waals surface area contributed by atoms with E-state index < -0.39 is 6.36 Å². The monoisotopic (exact) mass is 350 g/mol. The van der Waals surface area contributed by atoms with Crippen molar-refractivity contribution in [3.05, 3.63) is 40.6 Å². The summed E-state index contributed by atoms with van der Waals surface area (Å²) in [7, 11) is 1.78. The summed E-state index contributed by atoms with van der Waals surface area (Å²) in [6, 6.07) is 5.78. The maximum Gasteiger partial charge on any atom is 0.573 e. The number of aromatic nitrogens is 2. The van der Waals surface area contributed by atoms with Gasteiger partial charge in [0.25, 0.3) is 0 Å². The molecule has 0 unspecified atom stereocenters. The van der Waals surface area contributed by atoms with Gasteiger partial charge < -0.3 is 9.47 Å². The molecule has 1 aromatic heterocycles. The first-order valence-electron chi connectivity index (χ1n) is 5.50. The highest BCUT2D eigenvalue weighted by Crippen LogP contribution is 2.33. The van der Waals surface area contributed by atoms with Crippen LogP contribution >= 0.6 is 15.9 Å². The summed E-state index contributed by atoms with van der Waals surface area (Å²) < 4.78 is 47.4. The highest BCUT2D eigenvalue weighted by molar-refractivity contribution is 9.10. The second-order valence-electron chi connectivity index (χ2n) is 3.91. The van der Waals surface area contributed by atoms with Crippen LogP contribution in [0.4, 0.5) is 13.2 Å². The largest absolute Gasteiger partial charge is 0.573 e. The molecule has 2 aromatic rings. The predicted octanol–water partition coefficient (Wildman–Crippen LogP) is 3.66. The van der Waals surface area contributed by atoms with Crippen LogP contribution < -0.4 is 9.47 Å². The van der Waals surface area contributed by atoms with Crippen molar-refractivity contribution in [2.75, 3.05) is 0 Å². The Balaban J connectivity index is 2.01. The fourth-order valence-electron chi connectivity index (χ4n) is 1.48. The average molecular weight is 351 g/mol. The zero-order valence-corrected chi connectivity index (χ0v) is 11.9. The van der Waals surface area contributed by atoms with Crippen LogP contribution in [0.1, 0.15) is 5.69 Å². The van der Waals surface area contributed by atoms with Gasteiger partial charge in [-0.2, -0.15) is 5.10 Å². The lowest BCUT2D eigenvalue weighted by Gasteiger charge is -2.11. The number of benzene rings is 1. The van der Waals surface area contributed by atoms with Gasteiger partial charge in [0.05, 0.1) is 10.2 Å². The van der Waals surface area contributed by atoms with Gasteiger partial charge in [-0.25, -0.2) is 0 Å². The lowest BCUT2D eigenvalue weighted by molar-refractivity contribution is -0.274. The molecule has 0 aliphatic carbocycles. The van der Waals surface area contributed by atoms with Crippen LogP contribution in [0.5, 0.6) is 11.5 Å². The molecule has 0 bridgehead atoms.